The van der Waals surface area contributed by atoms with E-state index in [1.54, 1.807) is 13.0 Å². The maximum Gasteiger partial charge on any atom is 0.352 e. The molecule has 112 valence electrons. The summed E-state index contributed by atoms with van der Waals surface area (Å²) in [5.74, 6) is -1.21. The number of nitrogens with one attached hydrogen (secondary N) is 2. The second-order valence-electron chi connectivity index (χ2n) is 4.42. The minimum absolute atomic E-state index is 0.112. The van der Waals surface area contributed by atoms with Gasteiger partial charge < -0.3 is 10.1 Å². The highest BCUT2D eigenvalue weighted by Crippen LogP contribution is 2.24. The summed E-state index contributed by atoms with van der Waals surface area (Å²) < 4.78 is 27.8. The van der Waals surface area contributed by atoms with E-state index in [-0.39, 0.29) is 10.6 Å². The van der Waals surface area contributed by atoms with Gasteiger partial charge in [-0.05, 0) is 24.6 Å². The Labute approximate surface area is 130 Å². The Hall–Kier alpha value is -1.64. The predicted octanol–water partition coefficient (Wildman–Crippen LogP) is 2.51. The second-order valence-corrected chi connectivity index (χ2v) is 6.99. The molecule has 1 atom stereocenters. The summed E-state index contributed by atoms with van der Waals surface area (Å²) in [6.07, 6.45) is 1.15. The van der Waals surface area contributed by atoms with Gasteiger partial charge in [0.15, 0.2) is 0 Å². The van der Waals surface area contributed by atoms with Crippen LogP contribution in [0.3, 0.4) is 0 Å². The molecule has 0 bridgehead atoms. The van der Waals surface area contributed by atoms with Gasteiger partial charge in [-0.25, -0.2) is 17.9 Å². The molecule has 0 saturated heterocycles. The molecule has 2 aromatic rings. The highest BCUT2D eigenvalue weighted by Gasteiger charge is 2.22. The highest BCUT2D eigenvalue weighted by atomic mass is 79.9. The lowest BCUT2D eigenvalue weighted by Gasteiger charge is -2.15. The average Bonchev–Trinajstić information content (AvgIpc) is 2.89. The molecule has 0 aliphatic rings. The van der Waals surface area contributed by atoms with Gasteiger partial charge in [0.05, 0.1) is 0 Å². The van der Waals surface area contributed by atoms with Gasteiger partial charge in [-0.2, -0.15) is 0 Å². The third-order valence-corrected chi connectivity index (χ3v) is 5.14. The van der Waals surface area contributed by atoms with Crippen LogP contribution in [0.5, 0.6) is 0 Å². The highest BCUT2D eigenvalue weighted by molar-refractivity contribution is 9.10. The van der Waals surface area contributed by atoms with Crippen LogP contribution in [0, 0.1) is 0 Å². The molecular formula is C13H13BrN2O4S. The van der Waals surface area contributed by atoms with E-state index in [1.807, 2.05) is 18.2 Å². The van der Waals surface area contributed by atoms with E-state index < -0.39 is 22.0 Å². The first-order valence-corrected chi connectivity index (χ1v) is 8.27. The Morgan fingerprint density at radius 1 is 1.38 bits per heavy atom. The van der Waals surface area contributed by atoms with Crippen molar-refractivity contribution < 1.29 is 18.3 Å². The fourth-order valence-electron chi connectivity index (χ4n) is 1.84. The molecule has 1 heterocycles. The summed E-state index contributed by atoms with van der Waals surface area (Å²) in [5.41, 5.74) is 0.610. The van der Waals surface area contributed by atoms with Crippen LogP contribution in [0.25, 0.3) is 0 Å². The molecule has 0 amide bonds. The first kappa shape index (κ1) is 15.7. The number of aromatic amines is 1. The maximum atomic E-state index is 12.2. The zero-order valence-electron chi connectivity index (χ0n) is 11.0. The molecule has 21 heavy (non-hydrogen) atoms. The first-order valence-electron chi connectivity index (χ1n) is 6.00. The molecular weight excluding hydrogens is 360 g/mol. The molecule has 2 rings (SSSR count). The molecule has 0 fully saturated rings. The zero-order valence-corrected chi connectivity index (χ0v) is 13.4. The van der Waals surface area contributed by atoms with E-state index in [1.165, 1.54) is 0 Å². The standard InChI is InChI=1S/C13H13BrN2O4S/c1-8(10-4-2-3-5-11(10)14)16-21(19,20)9-6-12(13(17)18)15-7-9/h2-8,15-16H,1H3,(H,17,18)/t8-/m1/s1. The number of hydrogen-bond acceptors (Lipinski definition) is 3. The molecule has 1 aromatic heterocycles. The maximum absolute atomic E-state index is 12.2. The van der Waals surface area contributed by atoms with E-state index in [4.69, 9.17) is 5.11 Å². The number of aromatic carboxylic acids is 1. The number of sulfonamides is 1. The topological polar surface area (TPSA) is 99.3 Å². The van der Waals surface area contributed by atoms with Crippen LogP contribution >= 0.6 is 15.9 Å². The molecule has 0 saturated carbocycles. The SMILES string of the molecule is C[C@@H](NS(=O)(=O)c1c[nH]c(C(=O)O)c1)c1ccccc1Br. The Kier molecular flexibility index (Phi) is 4.50. The van der Waals surface area contributed by atoms with Gasteiger partial charge in [0.1, 0.15) is 10.6 Å². The van der Waals surface area contributed by atoms with Crippen molar-refractivity contribution in [3.05, 3.63) is 52.3 Å². The van der Waals surface area contributed by atoms with Crippen molar-refractivity contribution in [2.24, 2.45) is 0 Å². The number of halogens is 1. The minimum Gasteiger partial charge on any atom is -0.477 e. The molecule has 0 unspecified atom stereocenters. The fourth-order valence-corrected chi connectivity index (χ4v) is 3.69. The quantitative estimate of drug-likeness (QED) is 0.750. The second kappa shape index (κ2) is 6.00. The Bertz CT molecular complexity index is 770. The number of carbonyl (C=O) groups is 1. The van der Waals surface area contributed by atoms with Crippen molar-refractivity contribution in [2.45, 2.75) is 17.9 Å². The molecule has 8 heteroatoms. The lowest BCUT2D eigenvalue weighted by atomic mass is 10.1. The lowest BCUT2D eigenvalue weighted by Crippen LogP contribution is -2.26. The summed E-state index contributed by atoms with van der Waals surface area (Å²) in [5, 5.41) is 8.81. The number of hydrogen-bond donors (Lipinski definition) is 3. The van der Waals surface area contributed by atoms with Crippen molar-refractivity contribution in [3.63, 3.8) is 0 Å². The van der Waals surface area contributed by atoms with Crippen LogP contribution in [0.4, 0.5) is 0 Å². The van der Waals surface area contributed by atoms with Crippen LogP contribution in [0.2, 0.25) is 0 Å². The van der Waals surface area contributed by atoms with Crippen molar-refractivity contribution in [3.8, 4) is 0 Å². The van der Waals surface area contributed by atoms with E-state index in [0.29, 0.717) is 0 Å². The van der Waals surface area contributed by atoms with E-state index in [0.717, 1.165) is 22.3 Å². The van der Waals surface area contributed by atoms with Gasteiger partial charge in [0.25, 0.3) is 0 Å². The molecule has 1 aromatic carbocycles. The monoisotopic (exact) mass is 372 g/mol. The molecule has 0 spiro atoms. The molecule has 0 aliphatic heterocycles. The van der Waals surface area contributed by atoms with Crippen molar-refractivity contribution in [1.29, 1.82) is 0 Å². The fraction of sp³-hybridized carbons (Fsp3) is 0.154. The van der Waals surface area contributed by atoms with Crippen LogP contribution in [-0.2, 0) is 10.0 Å². The Morgan fingerprint density at radius 3 is 2.62 bits per heavy atom. The van der Waals surface area contributed by atoms with E-state index in [2.05, 4.69) is 25.6 Å². The number of aromatic nitrogens is 1. The van der Waals surface area contributed by atoms with Crippen LogP contribution in [0.15, 0.2) is 45.9 Å². The summed E-state index contributed by atoms with van der Waals surface area (Å²) >= 11 is 3.37. The van der Waals surface area contributed by atoms with E-state index >= 15 is 0 Å². The summed E-state index contributed by atoms with van der Waals surface area (Å²) in [6, 6.07) is 7.88. The number of rotatable bonds is 5. The first-order chi connectivity index (χ1) is 9.81. The zero-order chi connectivity index (χ0) is 15.6. The van der Waals surface area contributed by atoms with E-state index in [9.17, 15) is 13.2 Å². The summed E-state index contributed by atoms with van der Waals surface area (Å²) in [7, 11) is -3.80. The molecule has 0 aliphatic carbocycles. The third-order valence-electron chi connectivity index (χ3n) is 2.90. The van der Waals surface area contributed by atoms with Crippen molar-refractivity contribution in [2.75, 3.05) is 0 Å². The molecule has 0 radical (unpaired) electrons. The predicted molar refractivity (Wildman–Crippen MR) is 80.6 cm³/mol. The molecule has 3 N–H and O–H groups in total. The van der Waals surface area contributed by atoms with Crippen LogP contribution < -0.4 is 4.72 Å². The normalized spacial score (nSPS) is 13.0. The summed E-state index contributed by atoms with van der Waals surface area (Å²) in [6.45, 7) is 1.71. The number of H-pyrrole nitrogens is 1. The van der Waals surface area contributed by atoms with Gasteiger partial charge in [0, 0.05) is 16.7 Å². The Morgan fingerprint density at radius 2 is 2.05 bits per heavy atom. The lowest BCUT2D eigenvalue weighted by molar-refractivity contribution is 0.0691. The third kappa shape index (κ3) is 3.52. The Balaban J connectivity index is 2.24. The van der Waals surface area contributed by atoms with Gasteiger partial charge in [0.2, 0.25) is 10.0 Å². The van der Waals surface area contributed by atoms with Crippen molar-refractivity contribution in [1.82, 2.24) is 9.71 Å². The van der Waals surface area contributed by atoms with Crippen molar-refractivity contribution >= 4 is 31.9 Å². The largest absolute Gasteiger partial charge is 0.477 e. The van der Waals surface area contributed by atoms with Gasteiger partial charge in [-0.3, -0.25) is 0 Å². The minimum atomic E-state index is -3.80. The van der Waals surface area contributed by atoms with Gasteiger partial charge >= 0.3 is 5.97 Å². The summed E-state index contributed by atoms with van der Waals surface area (Å²) in [4.78, 5) is 13.1. The number of carboxylic acid groups (broad SMARTS) is 1. The van der Waals surface area contributed by atoms with Crippen LogP contribution in [0.1, 0.15) is 29.0 Å². The van der Waals surface area contributed by atoms with Crippen LogP contribution in [-0.4, -0.2) is 24.5 Å². The number of benzene rings is 1. The van der Waals surface area contributed by atoms with Gasteiger partial charge in [-0.1, -0.05) is 34.1 Å². The molecule has 6 nitrogen and oxygen atoms in total. The smallest absolute Gasteiger partial charge is 0.352 e. The average molecular weight is 373 g/mol. The number of carboxylic acids is 1. The van der Waals surface area contributed by atoms with Gasteiger partial charge in [-0.15, -0.1) is 0 Å².